The first-order valence-corrected chi connectivity index (χ1v) is 7.92. The summed E-state index contributed by atoms with van der Waals surface area (Å²) >= 11 is 0. The molecule has 0 aromatic carbocycles. The fourth-order valence-electron chi connectivity index (χ4n) is 2.83. The second kappa shape index (κ2) is 6.15. The van der Waals surface area contributed by atoms with Gasteiger partial charge in [-0.3, -0.25) is 9.59 Å². The molecule has 1 aliphatic rings. The Morgan fingerprint density at radius 3 is 2.05 bits per heavy atom. The summed E-state index contributed by atoms with van der Waals surface area (Å²) in [7, 11) is 0. The molecular weight excluding hydrogens is 252 g/mol. The zero-order chi connectivity index (χ0) is 15.6. The van der Waals surface area contributed by atoms with Gasteiger partial charge >= 0.3 is 0 Å². The summed E-state index contributed by atoms with van der Waals surface area (Å²) in [5.41, 5.74) is -1.41. The predicted octanol–water partition coefficient (Wildman–Crippen LogP) is 2.72. The smallest absolute Gasteiger partial charge is 0.249 e. The zero-order valence-corrected chi connectivity index (χ0v) is 13.9. The number of hydrogen-bond donors (Lipinski definition) is 1. The van der Waals surface area contributed by atoms with Crippen molar-refractivity contribution in [3.63, 3.8) is 0 Å². The van der Waals surface area contributed by atoms with Crippen LogP contribution in [0, 0.1) is 5.92 Å². The van der Waals surface area contributed by atoms with Crippen LogP contribution in [-0.2, 0) is 9.59 Å². The maximum absolute atomic E-state index is 13.0. The molecule has 0 bridgehead atoms. The molecule has 1 aliphatic heterocycles. The van der Waals surface area contributed by atoms with Crippen LogP contribution < -0.4 is 5.32 Å². The molecule has 0 radical (unpaired) electrons. The Labute approximate surface area is 123 Å². The van der Waals surface area contributed by atoms with Crippen molar-refractivity contribution in [2.45, 2.75) is 78.3 Å². The lowest BCUT2D eigenvalue weighted by Gasteiger charge is -2.51. The average Bonchev–Trinajstić information content (AvgIpc) is 2.42. The fraction of sp³-hybridized carbons (Fsp3) is 0.875. The monoisotopic (exact) mass is 282 g/mol. The number of carbonyl (C=O) groups is 2. The van der Waals surface area contributed by atoms with Gasteiger partial charge in [0.2, 0.25) is 11.8 Å². The molecule has 1 unspecified atom stereocenters. The van der Waals surface area contributed by atoms with E-state index in [1.165, 1.54) is 0 Å². The van der Waals surface area contributed by atoms with Crippen molar-refractivity contribution in [2.24, 2.45) is 5.92 Å². The second-order valence-electron chi connectivity index (χ2n) is 6.51. The lowest BCUT2D eigenvalue weighted by atomic mass is 9.81. The summed E-state index contributed by atoms with van der Waals surface area (Å²) in [5, 5.41) is 3.01. The Balaban J connectivity index is 3.14. The Hall–Kier alpha value is -1.06. The standard InChI is InChI=1S/C16H30N2O2/c1-7-15(6)13(19)17-16(8-2,9-3)14(20)18(15)11-10-12(4)5/h12H,7-11H2,1-6H3,(H,17,19). The highest BCUT2D eigenvalue weighted by Crippen LogP contribution is 2.32. The van der Waals surface area contributed by atoms with Crippen LogP contribution in [0.5, 0.6) is 0 Å². The number of nitrogens with zero attached hydrogens (tertiary/aromatic N) is 1. The number of rotatable bonds is 6. The van der Waals surface area contributed by atoms with Crippen LogP contribution in [0.25, 0.3) is 0 Å². The molecule has 116 valence electrons. The topological polar surface area (TPSA) is 49.4 Å². The second-order valence-corrected chi connectivity index (χ2v) is 6.51. The van der Waals surface area contributed by atoms with Crippen LogP contribution in [-0.4, -0.2) is 34.3 Å². The summed E-state index contributed by atoms with van der Waals surface area (Å²) in [6.45, 7) is 12.7. The predicted molar refractivity (Wildman–Crippen MR) is 81.3 cm³/mol. The Bertz CT molecular complexity index is 375. The van der Waals surface area contributed by atoms with Gasteiger partial charge in [0.15, 0.2) is 0 Å². The van der Waals surface area contributed by atoms with Crippen LogP contribution >= 0.6 is 0 Å². The molecular formula is C16H30N2O2. The minimum absolute atomic E-state index is 0.00736. The maximum atomic E-state index is 13.0. The normalized spacial score (nSPS) is 26.1. The number of amides is 2. The minimum atomic E-state index is -0.709. The third-order valence-electron chi connectivity index (χ3n) is 4.92. The molecule has 1 heterocycles. The van der Waals surface area contributed by atoms with Gasteiger partial charge in [-0.15, -0.1) is 0 Å². The first-order valence-electron chi connectivity index (χ1n) is 7.92. The summed E-state index contributed by atoms with van der Waals surface area (Å²) in [5.74, 6) is 0.603. The number of carbonyl (C=O) groups excluding carboxylic acids is 2. The average molecular weight is 282 g/mol. The van der Waals surface area contributed by atoms with E-state index in [2.05, 4.69) is 19.2 Å². The van der Waals surface area contributed by atoms with Crippen LogP contribution in [0.3, 0.4) is 0 Å². The molecule has 0 aromatic rings. The molecule has 0 spiro atoms. The highest BCUT2D eigenvalue weighted by Gasteiger charge is 2.53. The molecule has 1 fully saturated rings. The van der Waals surface area contributed by atoms with Gasteiger partial charge in [-0.1, -0.05) is 34.6 Å². The SMILES string of the molecule is CCC1(CC)NC(=O)C(C)(CC)N(CCC(C)C)C1=O. The van der Waals surface area contributed by atoms with Crippen LogP contribution in [0.15, 0.2) is 0 Å². The molecule has 1 atom stereocenters. The van der Waals surface area contributed by atoms with E-state index in [1.54, 1.807) is 0 Å². The zero-order valence-electron chi connectivity index (χ0n) is 13.9. The van der Waals surface area contributed by atoms with E-state index in [-0.39, 0.29) is 11.8 Å². The van der Waals surface area contributed by atoms with Crippen LogP contribution in [0.1, 0.15) is 67.2 Å². The minimum Gasteiger partial charge on any atom is -0.340 e. The van der Waals surface area contributed by atoms with Crippen molar-refractivity contribution in [3.05, 3.63) is 0 Å². The molecule has 2 amide bonds. The summed E-state index contributed by atoms with van der Waals surface area (Å²) in [4.78, 5) is 27.4. The van der Waals surface area contributed by atoms with E-state index in [0.29, 0.717) is 31.7 Å². The van der Waals surface area contributed by atoms with Gasteiger partial charge in [-0.25, -0.2) is 0 Å². The molecule has 1 rings (SSSR count). The maximum Gasteiger partial charge on any atom is 0.249 e. The molecule has 4 heteroatoms. The van der Waals surface area contributed by atoms with E-state index in [4.69, 9.17) is 0 Å². The molecule has 0 aliphatic carbocycles. The van der Waals surface area contributed by atoms with Crippen molar-refractivity contribution in [3.8, 4) is 0 Å². The Morgan fingerprint density at radius 1 is 1.10 bits per heavy atom. The third-order valence-corrected chi connectivity index (χ3v) is 4.92. The molecule has 4 nitrogen and oxygen atoms in total. The van der Waals surface area contributed by atoms with Gasteiger partial charge < -0.3 is 10.2 Å². The molecule has 20 heavy (non-hydrogen) atoms. The molecule has 0 saturated carbocycles. The van der Waals surface area contributed by atoms with E-state index < -0.39 is 11.1 Å². The van der Waals surface area contributed by atoms with Crippen LogP contribution in [0.4, 0.5) is 0 Å². The van der Waals surface area contributed by atoms with Gasteiger partial charge in [-0.05, 0) is 38.5 Å². The van der Waals surface area contributed by atoms with Gasteiger partial charge in [-0.2, -0.15) is 0 Å². The number of hydrogen-bond acceptors (Lipinski definition) is 2. The van der Waals surface area contributed by atoms with Gasteiger partial charge in [0.25, 0.3) is 0 Å². The summed E-state index contributed by atoms with van der Waals surface area (Å²) in [6, 6.07) is 0. The Morgan fingerprint density at radius 2 is 1.65 bits per heavy atom. The third kappa shape index (κ3) is 2.70. The molecule has 1 saturated heterocycles. The van der Waals surface area contributed by atoms with Crippen molar-refractivity contribution >= 4 is 11.8 Å². The number of nitrogens with one attached hydrogen (secondary N) is 1. The summed E-state index contributed by atoms with van der Waals surface area (Å²) < 4.78 is 0. The first-order chi connectivity index (χ1) is 9.27. The van der Waals surface area contributed by atoms with Gasteiger partial charge in [0.1, 0.15) is 11.1 Å². The van der Waals surface area contributed by atoms with Crippen molar-refractivity contribution in [2.75, 3.05) is 6.54 Å². The lowest BCUT2D eigenvalue weighted by molar-refractivity contribution is -0.163. The quantitative estimate of drug-likeness (QED) is 0.814. The molecule has 0 aromatic heterocycles. The molecule has 1 N–H and O–H groups in total. The fourth-order valence-corrected chi connectivity index (χ4v) is 2.83. The Kier molecular flexibility index (Phi) is 5.22. The van der Waals surface area contributed by atoms with Crippen molar-refractivity contribution in [1.29, 1.82) is 0 Å². The van der Waals surface area contributed by atoms with E-state index in [1.807, 2.05) is 32.6 Å². The lowest BCUT2D eigenvalue weighted by Crippen LogP contribution is -2.74. The highest BCUT2D eigenvalue weighted by molar-refractivity contribution is 6.02. The largest absolute Gasteiger partial charge is 0.340 e. The van der Waals surface area contributed by atoms with Crippen molar-refractivity contribution in [1.82, 2.24) is 10.2 Å². The van der Waals surface area contributed by atoms with E-state index >= 15 is 0 Å². The van der Waals surface area contributed by atoms with Crippen molar-refractivity contribution < 1.29 is 9.59 Å². The van der Waals surface area contributed by atoms with E-state index in [0.717, 1.165) is 6.42 Å². The van der Waals surface area contributed by atoms with E-state index in [9.17, 15) is 9.59 Å². The first kappa shape index (κ1) is 17.0. The van der Waals surface area contributed by atoms with Gasteiger partial charge in [0, 0.05) is 6.54 Å². The highest BCUT2D eigenvalue weighted by atomic mass is 16.2. The van der Waals surface area contributed by atoms with Gasteiger partial charge in [0.05, 0.1) is 0 Å². The van der Waals surface area contributed by atoms with Crippen LogP contribution in [0.2, 0.25) is 0 Å². The number of piperazine rings is 1. The summed E-state index contributed by atoms with van der Waals surface area (Å²) in [6.07, 6.45) is 2.86.